The lowest BCUT2D eigenvalue weighted by molar-refractivity contribution is 1.33. The van der Waals surface area contributed by atoms with E-state index in [9.17, 15) is 0 Å². The molecule has 0 amide bonds. The van der Waals surface area contributed by atoms with E-state index in [2.05, 4.69) is 62.5 Å². The molecule has 3 heteroatoms. The number of hydrogen-bond donors (Lipinski definition) is 0. The molecule has 0 atom stereocenters. The first kappa shape index (κ1) is 12.9. The van der Waals surface area contributed by atoms with E-state index in [-0.39, 0.29) is 0 Å². The Labute approximate surface area is 108 Å². The van der Waals surface area contributed by atoms with Crippen molar-refractivity contribution < 1.29 is 0 Å². The SMILES string of the molecule is Cc1cc(C)cc(N2[Si](C)(C)CC[Si]2(C)C)c1. The second-order valence-electron chi connectivity index (χ2n) is 6.81. The largest absolute Gasteiger partial charge is 0.424 e. The van der Waals surface area contributed by atoms with Crippen molar-refractivity contribution in [1.82, 2.24) is 0 Å². The Morgan fingerprint density at radius 1 is 0.824 bits per heavy atom. The first-order valence-corrected chi connectivity index (χ1v) is 12.9. The van der Waals surface area contributed by atoms with Gasteiger partial charge in [-0.1, -0.05) is 32.3 Å². The van der Waals surface area contributed by atoms with E-state index in [4.69, 9.17) is 0 Å². The van der Waals surface area contributed by atoms with Crippen molar-refractivity contribution in [3.63, 3.8) is 0 Å². The molecule has 1 aliphatic heterocycles. The molecule has 2 rings (SSSR count). The molecular weight excluding hydrogens is 238 g/mol. The van der Waals surface area contributed by atoms with Crippen LogP contribution < -0.4 is 4.23 Å². The van der Waals surface area contributed by atoms with Gasteiger partial charge < -0.3 is 4.23 Å². The third-order valence-corrected chi connectivity index (χ3v) is 14.0. The molecule has 0 N–H and O–H groups in total. The Morgan fingerprint density at radius 3 is 1.65 bits per heavy atom. The molecule has 1 saturated heterocycles. The summed E-state index contributed by atoms with van der Waals surface area (Å²) in [5.41, 5.74) is 4.32. The first-order chi connectivity index (χ1) is 7.72. The van der Waals surface area contributed by atoms with E-state index in [0.717, 1.165) is 0 Å². The maximum absolute atomic E-state index is 2.89. The van der Waals surface area contributed by atoms with E-state index in [1.54, 1.807) is 0 Å². The summed E-state index contributed by atoms with van der Waals surface area (Å²) in [4.78, 5) is 0. The highest BCUT2D eigenvalue weighted by Gasteiger charge is 2.47. The average molecular weight is 264 g/mol. The third kappa shape index (κ3) is 2.36. The number of rotatable bonds is 1. The molecule has 17 heavy (non-hydrogen) atoms. The summed E-state index contributed by atoms with van der Waals surface area (Å²) in [5, 5.41) is 0. The second-order valence-corrected chi connectivity index (χ2v) is 16.4. The van der Waals surface area contributed by atoms with Gasteiger partial charge in [0.05, 0.1) is 0 Å². The molecule has 0 unspecified atom stereocenters. The average Bonchev–Trinajstić information content (AvgIpc) is 2.33. The molecule has 0 bridgehead atoms. The van der Waals surface area contributed by atoms with Gasteiger partial charge in [-0.05, 0) is 49.2 Å². The van der Waals surface area contributed by atoms with Crippen molar-refractivity contribution in [3.8, 4) is 0 Å². The van der Waals surface area contributed by atoms with Gasteiger partial charge in [0.2, 0.25) is 0 Å². The van der Waals surface area contributed by atoms with Crippen LogP contribution >= 0.6 is 0 Å². The normalized spacial score (nSPS) is 21.9. The molecule has 0 radical (unpaired) electrons. The van der Waals surface area contributed by atoms with Gasteiger partial charge in [0.15, 0.2) is 0 Å². The molecule has 1 heterocycles. The van der Waals surface area contributed by atoms with Crippen LogP contribution in [-0.4, -0.2) is 16.5 Å². The van der Waals surface area contributed by atoms with E-state index < -0.39 is 16.5 Å². The number of nitrogens with zero attached hydrogens (tertiary/aromatic N) is 1. The summed E-state index contributed by atoms with van der Waals surface area (Å²) in [6.45, 7) is 14.6. The molecule has 1 nitrogen and oxygen atoms in total. The van der Waals surface area contributed by atoms with Crippen molar-refractivity contribution in [2.75, 3.05) is 4.23 Å². The lowest BCUT2D eigenvalue weighted by Gasteiger charge is -2.41. The predicted octanol–water partition coefficient (Wildman–Crippen LogP) is 4.53. The summed E-state index contributed by atoms with van der Waals surface area (Å²) in [7, 11) is -2.39. The molecule has 0 aliphatic carbocycles. The first-order valence-electron chi connectivity index (χ1n) is 6.61. The minimum Gasteiger partial charge on any atom is -0.424 e. The number of aryl methyl sites for hydroxylation is 2. The van der Waals surface area contributed by atoms with Gasteiger partial charge in [0.1, 0.15) is 16.5 Å². The van der Waals surface area contributed by atoms with Crippen LogP contribution in [0, 0.1) is 13.8 Å². The van der Waals surface area contributed by atoms with Crippen molar-refractivity contribution in [1.29, 1.82) is 0 Å². The van der Waals surface area contributed by atoms with Crippen LogP contribution in [0.25, 0.3) is 0 Å². The number of benzene rings is 1. The summed E-state index contributed by atoms with van der Waals surface area (Å²) >= 11 is 0. The monoisotopic (exact) mass is 263 g/mol. The van der Waals surface area contributed by atoms with Crippen LogP contribution in [0.4, 0.5) is 5.69 Å². The quantitative estimate of drug-likeness (QED) is 0.673. The molecule has 94 valence electrons. The van der Waals surface area contributed by atoms with Crippen LogP contribution in [0.2, 0.25) is 38.3 Å². The zero-order valence-electron chi connectivity index (χ0n) is 12.1. The van der Waals surface area contributed by atoms with Crippen LogP contribution in [0.5, 0.6) is 0 Å². The van der Waals surface area contributed by atoms with E-state index in [0.29, 0.717) is 0 Å². The summed E-state index contributed by atoms with van der Waals surface area (Å²) in [6, 6.07) is 10.0. The minimum atomic E-state index is -1.20. The Hall–Kier alpha value is -0.546. The molecule has 0 saturated carbocycles. The Bertz CT molecular complexity index is 402. The molecule has 0 spiro atoms. The fourth-order valence-electron chi connectivity index (χ4n) is 3.43. The topological polar surface area (TPSA) is 3.24 Å². The van der Waals surface area contributed by atoms with Gasteiger partial charge in [0.25, 0.3) is 0 Å². The Kier molecular flexibility index (Phi) is 3.03. The predicted molar refractivity (Wildman–Crippen MR) is 83.0 cm³/mol. The lowest BCUT2D eigenvalue weighted by atomic mass is 10.1. The van der Waals surface area contributed by atoms with Crippen molar-refractivity contribution in [3.05, 3.63) is 29.3 Å². The molecule has 1 aromatic carbocycles. The summed E-state index contributed by atoms with van der Waals surface area (Å²) in [5.74, 6) is 0. The zero-order chi connectivity index (χ0) is 12.8. The van der Waals surface area contributed by atoms with Gasteiger partial charge in [-0.15, -0.1) is 0 Å². The highest BCUT2D eigenvalue weighted by Crippen LogP contribution is 2.41. The maximum Gasteiger partial charge on any atom is 0.141 e. The smallest absolute Gasteiger partial charge is 0.141 e. The van der Waals surface area contributed by atoms with Crippen LogP contribution in [0.1, 0.15) is 11.1 Å². The summed E-state index contributed by atoms with van der Waals surface area (Å²) in [6.07, 6.45) is 0. The highest BCUT2D eigenvalue weighted by atomic mass is 28.4. The Balaban J connectivity index is 2.50. The van der Waals surface area contributed by atoms with Crippen molar-refractivity contribution in [2.24, 2.45) is 0 Å². The fraction of sp³-hybridized carbons (Fsp3) is 0.571. The van der Waals surface area contributed by atoms with Crippen LogP contribution in [0.15, 0.2) is 18.2 Å². The maximum atomic E-state index is 2.89. The highest BCUT2D eigenvalue weighted by molar-refractivity contribution is 7.04. The third-order valence-electron chi connectivity index (χ3n) is 4.02. The molecule has 1 aromatic rings. The van der Waals surface area contributed by atoms with Crippen LogP contribution in [-0.2, 0) is 0 Å². The number of hydrogen-bond acceptors (Lipinski definition) is 1. The number of anilines is 1. The fourth-order valence-corrected chi connectivity index (χ4v) is 17.7. The zero-order valence-corrected chi connectivity index (χ0v) is 14.1. The van der Waals surface area contributed by atoms with Crippen LogP contribution in [0.3, 0.4) is 0 Å². The van der Waals surface area contributed by atoms with Gasteiger partial charge >= 0.3 is 0 Å². The van der Waals surface area contributed by atoms with Gasteiger partial charge in [-0.2, -0.15) is 0 Å². The van der Waals surface area contributed by atoms with E-state index in [1.165, 1.54) is 28.9 Å². The second kappa shape index (κ2) is 3.99. The Morgan fingerprint density at radius 2 is 1.24 bits per heavy atom. The van der Waals surface area contributed by atoms with E-state index in [1.807, 2.05) is 0 Å². The molecule has 1 aliphatic rings. The van der Waals surface area contributed by atoms with Gasteiger partial charge in [0, 0.05) is 5.69 Å². The van der Waals surface area contributed by atoms with Crippen molar-refractivity contribution >= 4 is 22.2 Å². The standard InChI is InChI=1S/C14H25NSi2/c1-12-9-13(2)11-14(10-12)15-16(3,4)7-8-17(15,5)6/h9-11H,7-8H2,1-6H3. The molecule has 1 fully saturated rings. The molecule has 0 aromatic heterocycles. The van der Waals surface area contributed by atoms with Gasteiger partial charge in [-0.25, -0.2) is 0 Å². The summed E-state index contributed by atoms with van der Waals surface area (Å²) < 4.78 is 2.89. The lowest BCUT2D eigenvalue weighted by Crippen LogP contribution is -2.55. The molecular formula is C14H25NSi2. The minimum absolute atomic E-state index is 1.20. The van der Waals surface area contributed by atoms with Gasteiger partial charge in [-0.3, -0.25) is 0 Å². The van der Waals surface area contributed by atoms with Crippen molar-refractivity contribution in [2.45, 2.75) is 52.1 Å². The van der Waals surface area contributed by atoms with E-state index >= 15 is 0 Å².